The molecule has 0 fully saturated rings. The number of rotatable bonds is 12. The lowest BCUT2D eigenvalue weighted by Crippen LogP contribution is -2.27. The lowest BCUT2D eigenvalue weighted by atomic mass is 10.4. The molecule has 0 aliphatic heterocycles. The molecule has 4 nitrogen and oxygen atoms in total. The summed E-state index contributed by atoms with van der Waals surface area (Å²) in [5.74, 6) is 0. The van der Waals surface area contributed by atoms with Crippen LogP contribution in [0, 0.1) is 0 Å². The Morgan fingerprint density at radius 1 is 0.941 bits per heavy atom. The standard InChI is InChI=1S/C12H28N2O2S/c1-11(2)14-5-7-16-9-8-15-6-4-13-10-12(3)17/h11-14,17H,4-10H2,1-3H3. The van der Waals surface area contributed by atoms with E-state index in [2.05, 4.69) is 44.0 Å². The highest BCUT2D eigenvalue weighted by Gasteiger charge is 1.94. The van der Waals surface area contributed by atoms with E-state index in [0.29, 0.717) is 24.5 Å². The predicted molar refractivity (Wildman–Crippen MR) is 76.1 cm³/mol. The molecule has 0 aromatic carbocycles. The molecule has 17 heavy (non-hydrogen) atoms. The van der Waals surface area contributed by atoms with Crippen molar-refractivity contribution in [1.82, 2.24) is 10.6 Å². The minimum Gasteiger partial charge on any atom is -0.378 e. The molecule has 0 radical (unpaired) electrons. The molecule has 0 rings (SSSR count). The zero-order valence-corrected chi connectivity index (χ0v) is 12.3. The molecule has 0 aromatic heterocycles. The van der Waals surface area contributed by atoms with E-state index in [9.17, 15) is 0 Å². The van der Waals surface area contributed by atoms with E-state index in [4.69, 9.17) is 9.47 Å². The zero-order chi connectivity index (χ0) is 12.9. The maximum atomic E-state index is 5.41. The molecule has 0 aliphatic carbocycles. The summed E-state index contributed by atoms with van der Waals surface area (Å²) < 4.78 is 10.8. The van der Waals surface area contributed by atoms with Crippen molar-refractivity contribution in [3.8, 4) is 0 Å². The van der Waals surface area contributed by atoms with Gasteiger partial charge in [0.15, 0.2) is 0 Å². The second-order valence-corrected chi connectivity index (χ2v) is 5.27. The van der Waals surface area contributed by atoms with E-state index in [1.54, 1.807) is 0 Å². The van der Waals surface area contributed by atoms with Crippen LogP contribution in [0.5, 0.6) is 0 Å². The molecule has 0 aromatic rings. The van der Waals surface area contributed by atoms with Crippen LogP contribution in [0.15, 0.2) is 0 Å². The topological polar surface area (TPSA) is 42.5 Å². The van der Waals surface area contributed by atoms with E-state index in [1.807, 2.05) is 0 Å². The molecule has 0 heterocycles. The van der Waals surface area contributed by atoms with Crippen LogP contribution in [-0.2, 0) is 9.47 Å². The summed E-state index contributed by atoms with van der Waals surface area (Å²) in [7, 11) is 0. The third-order valence-corrected chi connectivity index (χ3v) is 2.22. The Kier molecular flexibility index (Phi) is 12.8. The largest absolute Gasteiger partial charge is 0.378 e. The average Bonchev–Trinajstić information content (AvgIpc) is 2.25. The lowest BCUT2D eigenvalue weighted by Gasteiger charge is -2.09. The Labute approximate surface area is 111 Å². The minimum atomic E-state index is 0.395. The summed E-state index contributed by atoms with van der Waals surface area (Å²) in [4.78, 5) is 0. The van der Waals surface area contributed by atoms with Crippen molar-refractivity contribution in [3.05, 3.63) is 0 Å². The van der Waals surface area contributed by atoms with Gasteiger partial charge in [-0.15, -0.1) is 0 Å². The third kappa shape index (κ3) is 16.2. The number of hydrogen-bond donors (Lipinski definition) is 3. The highest BCUT2D eigenvalue weighted by Crippen LogP contribution is 1.87. The zero-order valence-electron chi connectivity index (χ0n) is 11.4. The van der Waals surface area contributed by atoms with Crippen LogP contribution in [0.25, 0.3) is 0 Å². The molecular formula is C12H28N2O2S. The quantitative estimate of drug-likeness (QED) is 0.362. The van der Waals surface area contributed by atoms with Crippen molar-refractivity contribution in [1.29, 1.82) is 0 Å². The van der Waals surface area contributed by atoms with Crippen molar-refractivity contribution in [3.63, 3.8) is 0 Å². The maximum absolute atomic E-state index is 5.41. The summed E-state index contributed by atoms with van der Waals surface area (Å²) >= 11 is 4.27. The smallest absolute Gasteiger partial charge is 0.0701 e. The molecular weight excluding hydrogens is 236 g/mol. The van der Waals surface area contributed by atoms with Gasteiger partial charge < -0.3 is 20.1 Å². The summed E-state index contributed by atoms with van der Waals surface area (Å²) in [6.45, 7) is 11.8. The first-order valence-electron chi connectivity index (χ1n) is 6.40. The second-order valence-electron chi connectivity index (χ2n) is 4.39. The lowest BCUT2D eigenvalue weighted by molar-refractivity contribution is 0.0496. The fourth-order valence-electron chi connectivity index (χ4n) is 1.20. The Morgan fingerprint density at radius 2 is 1.53 bits per heavy atom. The summed E-state index contributed by atoms with van der Waals surface area (Å²) in [5.41, 5.74) is 0. The van der Waals surface area contributed by atoms with Crippen LogP contribution < -0.4 is 10.6 Å². The SMILES string of the molecule is CC(S)CNCCOCCOCCNC(C)C. The molecule has 0 spiro atoms. The first-order valence-corrected chi connectivity index (χ1v) is 6.92. The fourth-order valence-corrected chi connectivity index (χ4v) is 1.33. The number of thiol groups is 1. The Bertz CT molecular complexity index is 141. The van der Waals surface area contributed by atoms with Gasteiger partial charge in [-0.2, -0.15) is 12.6 Å². The molecule has 5 heteroatoms. The molecule has 1 unspecified atom stereocenters. The molecule has 104 valence electrons. The highest BCUT2D eigenvalue weighted by molar-refractivity contribution is 7.80. The van der Waals surface area contributed by atoms with Gasteiger partial charge in [-0.1, -0.05) is 20.8 Å². The van der Waals surface area contributed by atoms with Gasteiger partial charge in [-0.25, -0.2) is 0 Å². The van der Waals surface area contributed by atoms with Crippen LogP contribution in [0.3, 0.4) is 0 Å². The van der Waals surface area contributed by atoms with Crippen molar-refractivity contribution in [2.24, 2.45) is 0 Å². The van der Waals surface area contributed by atoms with Gasteiger partial charge >= 0.3 is 0 Å². The summed E-state index contributed by atoms with van der Waals surface area (Å²) in [6.07, 6.45) is 0. The Morgan fingerprint density at radius 3 is 2.06 bits per heavy atom. The summed E-state index contributed by atoms with van der Waals surface area (Å²) in [5, 5.41) is 6.94. The number of hydrogen-bond acceptors (Lipinski definition) is 5. The van der Waals surface area contributed by atoms with Crippen molar-refractivity contribution < 1.29 is 9.47 Å². The normalized spacial score (nSPS) is 13.2. The molecule has 0 aliphatic rings. The molecule has 0 amide bonds. The van der Waals surface area contributed by atoms with Crippen molar-refractivity contribution in [2.75, 3.05) is 46.1 Å². The van der Waals surface area contributed by atoms with E-state index in [1.165, 1.54) is 0 Å². The number of nitrogens with one attached hydrogen (secondary N) is 2. The van der Waals surface area contributed by atoms with Gasteiger partial charge in [0.2, 0.25) is 0 Å². The predicted octanol–water partition coefficient (Wildman–Crippen LogP) is 0.926. The van der Waals surface area contributed by atoms with Gasteiger partial charge in [0, 0.05) is 30.9 Å². The molecule has 0 saturated heterocycles. The van der Waals surface area contributed by atoms with Crippen LogP contribution in [0.4, 0.5) is 0 Å². The second kappa shape index (κ2) is 12.6. The van der Waals surface area contributed by atoms with E-state index >= 15 is 0 Å². The molecule has 0 saturated carbocycles. The van der Waals surface area contributed by atoms with Crippen LogP contribution in [0.2, 0.25) is 0 Å². The van der Waals surface area contributed by atoms with Gasteiger partial charge in [0.05, 0.1) is 26.4 Å². The van der Waals surface area contributed by atoms with Gasteiger partial charge in [-0.05, 0) is 0 Å². The summed E-state index contributed by atoms with van der Waals surface area (Å²) in [6, 6.07) is 0.523. The van der Waals surface area contributed by atoms with E-state index in [-0.39, 0.29) is 0 Å². The van der Waals surface area contributed by atoms with Crippen LogP contribution >= 0.6 is 12.6 Å². The highest BCUT2D eigenvalue weighted by atomic mass is 32.1. The molecule has 2 N–H and O–H groups in total. The third-order valence-electron chi connectivity index (χ3n) is 2.03. The Hall–Kier alpha value is 0.190. The van der Waals surface area contributed by atoms with Gasteiger partial charge in [-0.3, -0.25) is 0 Å². The number of ether oxygens (including phenoxy) is 2. The van der Waals surface area contributed by atoms with Crippen LogP contribution in [0.1, 0.15) is 20.8 Å². The van der Waals surface area contributed by atoms with Crippen molar-refractivity contribution >= 4 is 12.6 Å². The van der Waals surface area contributed by atoms with Crippen molar-refractivity contribution in [2.45, 2.75) is 32.1 Å². The monoisotopic (exact) mass is 264 g/mol. The van der Waals surface area contributed by atoms with Gasteiger partial charge in [0.25, 0.3) is 0 Å². The molecule has 0 bridgehead atoms. The minimum absolute atomic E-state index is 0.395. The Balaban J connectivity index is 2.94. The maximum Gasteiger partial charge on any atom is 0.0701 e. The van der Waals surface area contributed by atoms with Crippen LogP contribution in [-0.4, -0.2) is 57.4 Å². The van der Waals surface area contributed by atoms with Gasteiger partial charge in [0.1, 0.15) is 0 Å². The van der Waals surface area contributed by atoms with E-state index < -0.39 is 0 Å². The van der Waals surface area contributed by atoms with E-state index in [0.717, 1.165) is 32.8 Å². The average molecular weight is 264 g/mol. The first kappa shape index (κ1) is 17.2. The fraction of sp³-hybridized carbons (Fsp3) is 1.00. The first-order chi connectivity index (χ1) is 8.13. The molecule has 1 atom stereocenters.